The van der Waals surface area contributed by atoms with Crippen LogP contribution in [0.2, 0.25) is 0 Å². The number of rotatable bonds is 13. The molecule has 5 fully saturated rings. The Morgan fingerprint density at radius 2 is 1.37 bits per heavy atom. The molecule has 300 valence electrons. The van der Waals surface area contributed by atoms with E-state index in [-0.39, 0.29) is 66.0 Å². The van der Waals surface area contributed by atoms with Crippen LogP contribution in [-0.4, -0.2) is 60.5 Å². The first-order chi connectivity index (χ1) is 24.3. The zero-order valence-electron chi connectivity index (χ0n) is 34.6. The minimum atomic E-state index is -0.434. The van der Waals surface area contributed by atoms with Gasteiger partial charge in [-0.2, -0.15) is 0 Å². The van der Waals surface area contributed by atoms with E-state index >= 15 is 0 Å². The lowest BCUT2D eigenvalue weighted by Gasteiger charge is -2.41. The van der Waals surface area contributed by atoms with Crippen LogP contribution in [0, 0.1) is 57.7 Å². The van der Waals surface area contributed by atoms with Crippen LogP contribution >= 0.6 is 0 Å². The second-order valence-electron chi connectivity index (χ2n) is 18.5. The highest BCUT2D eigenvalue weighted by Crippen LogP contribution is 2.57. The topological polar surface area (TPSA) is 125 Å². The van der Waals surface area contributed by atoms with Gasteiger partial charge in [-0.1, -0.05) is 53.9 Å². The maximum absolute atomic E-state index is 12.8. The van der Waals surface area contributed by atoms with Gasteiger partial charge in [-0.3, -0.25) is 19.2 Å². The van der Waals surface area contributed by atoms with Crippen LogP contribution < -0.4 is 0 Å². The molecule has 0 aromatic heterocycles. The van der Waals surface area contributed by atoms with Crippen molar-refractivity contribution in [3.8, 4) is 0 Å². The molecule has 1 heterocycles. The van der Waals surface area contributed by atoms with E-state index in [1.807, 2.05) is 55.4 Å². The lowest BCUT2D eigenvalue weighted by Crippen LogP contribution is -2.45. The fourth-order valence-electron chi connectivity index (χ4n) is 9.06. The van der Waals surface area contributed by atoms with Gasteiger partial charge < -0.3 is 24.1 Å². The molecule has 4 saturated carbocycles. The molecule has 9 atom stereocenters. The Labute approximate surface area is 315 Å². The van der Waals surface area contributed by atoms with Gasteiger partial charge in [-0.15, -0.1) is 0 Å². The highest BCUT2D eigenvalue weighted by atomic mass is 16.6. The number of ether oxygens (including phenoxy) is 4. The average Bonchev–Trinajstić information content (AvgIpc) is 3.73. The molecule has 0 amide bonds. The Morgan fingerprint density at radius 1 is 0.788 bits per heavy atom. The Kier molecular flexibility index (Phi) is 15.7. The number of carbonyl (C=O) groups is 4. The quantitative estimate of drug-likeness (QED) is 0.146. The predicted molar refractivity (Wildman–Crippen MR) is 202 cm³/mol. The third kappa shape index (κ3) is 10.3. The molecule has 52 heavy (non-hydrogen) atoms. The molecule has 9 nitrogen and oxygen atoms in total. The molecule has 1 saturated heterocycles. The molecule has 5 rings (SSSR count). The van der Waals surface area contributed by atoms with Gasteiger partial charge in [0.15, 0.2) is 0 Å². The van der Waals surface area contributed by atoms with Crippen molar-refractivity contribution in [2.45, 2.75) is 171 Å². The molecular formula is C43H74O9. The summed E-state index contributed by atoms with van der Waals surface area (Å²) in [6, 6.07) is 0. The third-order valence-electron chi connectivity index (χ3n) is 14.0. The lowest BCUT2D eigenvalue weighted by atomic mass is 9.76. The van der Waals surface area contributed by atoms with Crippen molar-refractivity contribution < 1.29 is 43.2 Å². The number of aliphatic hydroxyl groups is 1. The summed E-state index contributed by atoms with van der Waals surface area (Å²) in [6.07, 6.45) is 14.5. The Morgan fingerprint density at radius 3 is 1.92 bits per heavy atom. The van der Waals surface area contributed by atoms with E-state index in [2.05, 4.69) is 20.8 Å². The van der Waals surface area contributed by atoms with Crippen LogP contribution in [0.15, 0.2) is 0 Å². The molecular weight excluding hydrogens is 660 g/mol. The Balaban J connectivity index is 0.000000222. The summed E-state index contributed by atoms with van der Waals surface area (Å²) < 4.78 is 22.0. The van der Waals surface area contributed by atoms with E-state index in [0.29, 0.717) is 24.4 Å². The normalized spacial score (nSPS) is 32.0. The lowest BCUT2D eigenvalue weighted by molar-refractivity contribution is -0.180. The first kappa shape index (κ1) is 44.2. The van der Waals surface area contributed by atoms with Crippen molar-refractivity contribution in [1.29, 1.82) is 0 Å². The summed E-state index contributed by atoms with van der Waals surface area (Å²) >= 11 is 0. The zero-order valence-corrected chi connectivity index (χ0v) is 34.6. The van der Waals surface area contributed by atoms with Crippen LogP contribution in [-0.2, 0) is 38.1 Å². The van der Waals surface area contributed by atoms with E-state index < -0.39 is 10.8 Å². The van der Waals surface area contributed by atoms with E-state index in [4.69, 9.17) is 24.1 Å². The van der Waals surface area contributed by atoms with E-state index in [1.165, 1.54) is 32.1 Å². The number of esters is 4. The molecule has 1 aliphatic heterocycles. The summed E-state index contributed by atoms with van der Waals surface area (Å²) in [5.41, 5.74) is -1.42. The van der Waals surface area contributed by atoms with Gasteiger partial charge in [0.1, 0.15) is 18.3 Å². The van der Waals surface area contributed by atoms with Crippen molar-refractivity contribution in [3.63, 3.8) is 0 Å². The van der Waals surface area contributed by atoms with Gasteiger partial charge >= 0.3 is 23.9 Å². The number of fused-ring (bicyclic) bond motifs is 3. The number of hydrogen-bond acceptors (Lipinski definition) is 9. The summed E-state index contributed by atoms with van der Waals surface area (Å²) in [6.45, 7) is 22.4. The van der Waals surface area contributed by atoms with Crippen LogP contribution in [0.3, 0.4) is 0 Å². The Hall–Kier alpha value is -2.16. The number of hydrogen-bond donors (Lipinski definition) is 1. The molecule has 9 heteroatoms. The summed E-state index contributed by atoms with van der Waals surface area (Å²) in [4.78, 5) is 47.7. The van der Waals surface area contributed by atoms with Crippen molar-refractivity contribution in [1.82, 2.24) is 0 Å². The van der Waals surface area contributed by atoms with Crippen molar-refractivity contribution in [3.05, 3.63) is 0 Å². The van der Waals surface area contributed by atoms with Crippen LogP contribution in [0.4, 0.5) is 0 Å². The smallest absolute Gasteiger partial charge is 0.312 e. The largest absolute Gasteiger partial charge is 0.465 e. The molecule has 4 bridgehead atoms. The van der Waals surface area contributed by atoms with Crippen LogP contribution in [0.5, 0.6) is 0 Å². The van der Waals surface area contributed by atoms with Gasteiger partial charge in [-0.05, 0) is 129 Å². The van der Waals surface area contributed by atoms with Gasteiger partial charge in [0.05, 0.1) is 35.4 Å². The first-order valence-electron chi connectivity index (χ1n) is 20.7. The van der Waals surface area contributed by atoms with E-state index in [9.17, 15) is 19.2 Å². The molecule has 0 aromatic rings. The van der Waals surface area contributed by atoms with Crippen molar-refractivity contribution in [2.75, 3.05) is 19.8 Å². The van der Waals surface area contributed by atoms with Crippen LogP contribution in [0.25, 0.3) is 0 Å². The molecule has 9 unspecified atom stereocenters. The molecule has 0 radical (unpaired) electrons. The van der Waals surface area contributed by atoms with E-state index in [1.54, 1.807) is 0 Å². The fourth-order valence-corrected chi connectivity index (χ4v) is 9.06. The van der Waals surface area contributed by atoms with Gasteiger partial charge in [0.25, 0.3) is 0 Å². The van der Waals surface area contributed by atoms with Gasteiger partial charge in [0, 0.05) is 11.8 Å². The standard InChI is InChI=1S/C20H36O2.C15H22O4.C8H16O3/c1-6-17-13-15-10-9-11-16(12-15)14-20(17,8-3)22-18(21)19(4,5)7-2;1-4-15(2,3)14(17)18-7-10-8-5-9-11(6-8)19-13(16)12(9)10;1-4-8(2,3)7(10)11-6-5-9/h15-17H,6-14H2,1-5H3;8-12H,4-7H2,1-3H3;9H,4-6H2,1-3H3. The van der Waals surface area contributed by atoms with Gasteiger partial charge in [-0.25, -0.2) is 0 Å². The maximum Gasteiger partial charge on any atom is 0.312 e. The van der Waals surface area contributed by atoms with E-state index in [0.717, 1.165) is 63.2 Å². The van der Waals surface area contributed by atoms with Gasteiger partial charge in [0.2, 0.25) is 0 Å². The summed E-state index contributed by atoms with van der Waals surface area (Å²) in [5.74, 6) is 2.82. The average molecular weight is 735 g/mol. The fraction of sp³-hybridized carbons (Fsp3) is 0.907. The predicted octanol–water partition coefficient (Wildman–Crippen LogP) is 8.86. The molecule has 0 aromatic carbocycles. The van der Waals surface area contributed by atoms with Crippen molar-refractivity contribution in [2.24, 2.45) is 57.7 Å². The number of aliphatic hydroxyl groups excluding tert-OH is 1. The molecule has 4 aliphatic carbocycles. The molecule has 0 spiro atoms. The first-order valence-corrected chi connectivity index (χ1v) is 20.7. The summed E-state index contributed by atoms with van der Waals surface area (Å²) in [7, 11) is 0. The minimum Gasteiger partial charge on any atom is -0.465 e. The molecule has 1 N–H and O–H groups in total. The summed E-state index contributed by atoms with van der Waals surface area (Å²) in [5, 5.41) is 8.38. The van der Waals surface area contributed by atoms with Crippen molar-refractivity contribution >= 4 is 23.9 Å². The third-order valence-corrected chi connectivity index (χ3v) is 14.0. The Bertz CT molecular complexity index is 1200. The second kappa shape index (κ2) is 18.4. The maximum atomic E-state index is 12.8. The minimum absolute atomic E-state index is 0.0127. The number of carbonyl (C=O) groups excluding carboxylic acids is 4. The molecule has 5 aliphatic rings. The zero-order chi connectivity index (χ0) is 39.1. The van der Waals surface area contributed by atoms with Crippen LogP contribution in [0.1, 0.15) is 160 Å². The SMILES string of the molecule is CCC(C)(C)C(=O)OCC1C2CC3OC(=O)C1C3C2.CCC(C)(C)C(=O)OCCO.CCC1CC2CCCC(C2)CC1(CC)OC(=O)C(C)(C)CC. The second-order valence-corrected chi connectivity index (χ2v) is 18.5. The highest BCUT2D eigenvalue weighted by molar-refractivity contribution is 5.78. The highest BCUT2D eigenvalue weighted by Gasteiger charge is 2.62. The monoisotopic (exact) mass is 735 g/mol.